The van der Waals surface area contributed by atoms with Crippen LogP contribution < -0.4 is 5.73 Å². The number of carboxylic acids is 1. The highest BCUT2D eigenvalue weighted by Crippen LogP contribution is 2.06. The van der Waals surface area contributed by atoms with Crippen LogP contribution in [0.15, 0.2) is 36.5 Å². The lowest BCUT2D eigenvalue weighted by Gasteiger charge is -2.05. The molecule has 18 heavy (non-hydrogen) atoms. The van der Waals surface area contributed by atoms with Crippen LogP contribution >= 0.6 is 0 Å². The second kappa shape index (κ2) is 18.0. The lowest BCUT2D eigenvalue weighted by atomic mass is 10.1. The van der Waals surface area contributed by atoms with E-state index in [2.05, 4.69) is 6.58 Å². The molecular formula is C14H27NO3. The van der Waals surface area contributed by atoms with E-state index in [1.165, 1.54) is 0 Å². The van der Waals surface area contributed by atoms with Crippen molar-refractivity contribution in [3.63, 3.8) is 0 Å². The maximum absolute atomic E-state index is 10.5. The summed E-state index contributed by atoms with van der Waals surface area (Å²) < 4.78 is 0. The van der Waals surface area contributed by atoms with Gasteiger partial charge in [-0.3, -0.25) is 4.79 Å². The van der Waals surface area contributed by atoms with Crippen LogP contribution in [0, 0.1) is 0 Å². The summed E-state index contributed by atoms with van der Waals surface area (Å²) in [7, 11) is 1.00. The Morgan fingerprint density at radius 1 is 1.39 bits per heavy atom. The van der Waals surface area contributed by atoms with Crippen molar-refractivity contribution in [2.75, 3.05) is 7.11 Å². The van der Waals surface area contributed by atoms with Crippen molar-refractivity contribution < 1.29 is 15.0 Å². The number of carboxylic acid groups (broad SMARTS) is 1. The average Bonchev–Trinajstić information content (AvgIpc) is 2.42. The first-order chi connectivity index (χ1) is 8.61. The molecular weight excluding hydrogens is 230 g/mol. The monoisotopic (exact) mass is 257 g/mol. The van der Waals surface area contributed by atoms with E-state index in [1.54, 1.807) is 6.08 Å². The fraction of sp³-hybridized carbons (Fsp3) is 0.500. The van der Waals surface area contributed by atoms with Gasteiger partial charge in [-0.25, -0.2) is 0 Å². The molecule has 0 aromatic rings. The molecule has 4 heteroatoms. The van der Waals surface area contributed by atoms with Gasteiger partial charge in [-0.15, -0.1) is 0 Å². The van der Waals surface area contributed by atoms with Gasteiger partial charge in [0.2, 0.25) is 0 Å². The van der Waals surface area contributed by atoms with Crippen molar-refractivity contribution >= 4 is 5.97 Å². The maximum atomic E-state index is 10.5. The molecule has 0 bridgehead atoms. The molecule has 0 heterocycles. The van der Waals surface area contributed by atoms with Crippen LogP contribution in [0.1, 0.15) is 33.6 Å². The van der Waals surface area contributed by atoms with E-state index in [9.17, 15) is 4.79 Å². The first-order valence-corrected chi connectivity index (χ1v) is 6.03. The van der Waals surface area contributed by atoms with Gasteiger partial charge in [-0.2, -0.15) is 0 Å². The normalized spacial score (nSPS) is 11.8. The molecule has 0 aliphatic rings. The third kappa shape index (κ3) is 14.6. The van der Waals surface area contributed by atoms with Crippen LogP contribution in [0.25, 0.3) is 0 Å². The third-order valence-electron chi connectivity index (χ3n) is 1.72. The number of hydrogen-bond acceptors (Lipinski definition) is 3. The third-order valence-corrected chi connectivity index (χ3v) is 1.72. The minimum atomic E-state index is -0.989. The Bertz CT molecular complexity index is 258. The van der Waals surface area contributed by atoms with Gasteiger partial charge in [0.25, 0.3) is 0 Å². The first-order valence-electron chi connectivity index (χ1n) is 6.03. The predicted octanol–water partition coefficient (Wildman–Crippen LogP) is 2.50. The molecule has 4 nitrogen and oxygen atoms in total. The standard InChI is InChI=1S/C11H17NO2.C2H6.CH4O/c1-3-5-6-7-9(4-2)8-10(12)11(13)14;2*1-2/h4-7,10H,2-3,8,12H2,1H3,(H,13,14);1-2H3;2H,1H3/b6-5-,9-7+;;/t10-;;/m1../s1. The molecule has 0 aromatic heterocycles. The van der Waals surface area contributed by atoms with Gasteiger partial charge in [0.1, 0.15) is 6.04 Å². The second-order valence-corrected chi connectivity index (χ2v) is 2.93. The van der Waals surface area contributed by atoms with Gasteiger partial charge in [0, 0.05) is 7.11 Å². The summed E-state index contributed by atoms with van der Waals surface area (Å²) >= 11 is 0. The van der Waals surface area contributed by atoms with Crippen molar-refractivity contribution in [3.8, 4) is 0 Å². The van der Waals surface area contributed by atoms with E-state index in [-0.39, 0.29) is 0 Å². The number of carbonyl (C=O) groups is 1. The molecule has 0 aromatic carbocycles. The second-order valence-electron chi connectivity index (χ2n) is 2.93. The molecule has 1 atom stereocenters. The Hall–Kier alpha value is -1.39. The molecule has 0 aliphatic heterocycles. The highest BCUT2D eigenvalue weighted by Gasteiger charge is 2.11. The van der Waals surface area contributed by atoms with Crippen molar-refractivity contribution in [2.45, 2.75) is 39.7 Å². The summed E-state index contributed by atoms with van der Waals surface area (Å²) in [6.07, 6.45) is 8.59. The van der Waals surface area contributed by atoms with Crippen LogP contribution in [-0.4, -0.2) is 29.3 Å². The van der Waals surface area contributed by atoms with Crippen LogP contribution in [-0.2, 0) is 4.79 Å². The molecule has 4 N–H and O–H groups in total. The predicted molar refractivity (Wildman–Crippen MR) is 77.4 cm³/mol. The largest absolute Gasteiger partial charge is 0.480 e. The molecule has 0 radical (unpaired) electrons. The van der Waals surface area contributed by atoms with Crippen LogP contribution in [0.2, 0.25) is 0 Å². The zero-order chi connectivity index (χ0) is 15.0. The van der Waals surface area contributed by atoms with Crippen LogP contribution in [0.3, 0.4) is 0 Å². The van der Waals surface area contributed by atoms with Crippen LogP contribution in [0.4, 0.5) is 0 Å². The highest BCUT2D eigenvalue weighted by molar-refractivity contribution is 5.73. The number of aliphatic hydroxyl groups is 1. The van der Waals surface area contributed by atoms with Gasteiger partial charge in [0.15, 0.2) is 0 Å². The van der Waals surface area contributed by atoms with Crippen molar-refractivity contribution in [3.05, 3.63) is 36.5 Å². The quantitative estimate of drug-likeness (QED) is 0.638. The highest BCUT2D eigenvalue weighted by atomic mass is 16.4. The molecule has 0 rings (SSSR count). The Kier molecular flexibility index (Phi) is 21.8. The zero-order valence-corrected chi connectivity index (χ0v) is 11.9. The van der Waals surface area contributed by atoms with Crippen molar-refractivity contribution in [1.82, 2.24) is 0 Å². The minimum Gasteiger partial charge on any atom is -0.480 e. The zero-order valence-electron chi connectivity index (χ0n) is 11.9. The minimum absolute atomic E-state index is 0.312. The van der Waals surface area contributed by atoms with E-state index in [0.717, 1.165) is 19.1 Å². The fourth-order valence-electron chi connectivity index (χ4n) is 0.888. The summed E-state index contributed by atoms with van der Waals surface area (Å²) in [5.74, 6) is -0.989. The molecule has 0 amide bonds. The maximum Gasteiger partial charge on any atom is 0.320 e. The number of aliphatic hydroxyl groups excluding tert-OH is 1. The van der Waals surface area contributed by atoms with E-state index >= 15 is 0 Å². The molecule has 0 spiro atoms. The van der Waals surface area contributed by atoms with Gasteiger partial charge in [-0.05, 0) is 18.4 Å². The lowest BCUT2D eigenvalue weighted by molar-refractivity contribution is -0.138. The smallest absolute Gasteiger partial charge is 0.320 e. The van der Waals surface area contributed by atoms with E-state index < -0.39 is 12.0 Å². The molecule has 0 fully saturated rings. The molecule has 106 valence electrons. The topological polar surface area (TPSA) is 83.6 Å². The first kappa shape index (κ1) is 21.9. The van der Waals surface area contributed by atoms with E-state index in [0.29, 0.717) is 6.42 Å². The number of rotatable bonds is 6. The molecule has 0 saturated heterocycles. The van der Waals surface area contributed by atoms with Crippen molar-refractivity contribution in [2.24, 2.45) is 5.73 Å². The van der Waals surface area contributed by atoms with E-state index in [4.69, 9.17) is 15.9 Å². The lowest BCUT2D eigenvalue weighted by Crippen LogP contribution is -2.30. The molecule has 0 unspecified atom stereocenters. The van der Waals surface area contributed by atoms with Gasteiger partial charge < -0.3 is 15.9 Å². The van der Waals surface area contributed by atoms with Gasteiger partial charge in [-0.1, -0.05) is 51.7 Å². The van der Waals surface area contributed by atoms with Crippen molar-refractivity contribution in [1.29, 1.82) is 0 Å². The summed E-state index contributed by atoms with van der Waals surface area (Å²) in [6.45, 7) is 9.63. The van der Waals surface area contributed by atoms with E-state index in [1.807, 2.05) is 39.0 Å². The number of hydrogen-bond donors (Lipinski definition) is 3. The summed E-state index contributed by atoms with van der Waals surface area (Å²) in [6, 6.07) is -0.853. The number of aliphatic carboxylic acids is 1. The summed E-state index contributed by atoms with van der Waals surface area (Å²) in [5, 5.41) is 15.6. The molecule has 0 aliphatic carbocycles. The Morgan fingerprint density at radius 3 is 2.22 bits per heavy atom. The molecule has 0 saturated carbocycles. The Labute approximate surface area is 111 Å². The number of allylic oxidation sites excluding steroid dienone is 4. The summed E-state index contributed by atoms with van der Waals surface area (Å²) in [5.41, 5.74) is 6.22. The van der Waals surface area contributed by atoms with Gasteiger partial charge in [0.05, 0.1) is 0 Å². The Balaban J connectivity index is -0.000000506. The average molecular weight is 257 g/mol. The SMILES string of the molecule is C=C/C(=C\C=C/CC)C[C@@H](N)C(=O)O.CC.CO. The fourth-order valence-corrected chi connectivity index (χ4v) is 0.888. The Morgan fingerprint density at radius 2 is 1.89 bits per heavy atom. The van der Waals surface area contributed by atoms with Gasteiger partial charge >= 0.3 is 5.97 Å². The number of nitrogens with two attached hydrogens (primary N) is 1. The summed E-state index contributed by atoms with van der Waals surface area (Å²) in [4.78, 5) is 10.5. The van der Waals surface area contributed by atoms with Crippen LogP contribution in [0.5, 0.6) is 0 Å².